The number of ether oxygens (including phenoxy) is 1. The molecule has 5 nitrogen and oxygen atoms in total. The van der Waals surface area contributed by atoms with Crippen molar-refractivity contribution in [1.82, 2.24) is 15.5 Å². The van der Waals surface area contributed by atoms with E-state index in [1.165, 1.54) is 0 Å². The third-order valence-electron chi connectivity index (χ3n) is 3.91. The summed E-state index contributed by atoms with van der Waals surface area (Å²) < 4.78 is 5.34. The van der Waals surface area contributed by atoms with E-state index in [0.29, 0.717) is 6.04 Å². The van der Waals surface area contributed by atoms with Gasteiger partial charge in [0.2, 0.25) is 5.91 Å². The molecule has 0 bridgehead atoms. The first-order valence-corrected chi connectivity index (χ1v) is 7.72. The third-order valence-corrected chi connectivity index (χ3v) is 3.91. The van der Waals surface area contributed by atoms with Crippen LogP contribution in [0.4, 0.5) is 0 Å². The van der Waals surface area contributed by atoms with Gasteiger partial charge < -0.3 is 15.4 Å². The molecule has 0 radical (unpaired) electrons. The molecule has 1 amide bonds. The fourth-order valence-electron chi connectivity index (χ4n) is 2.26. The average Bonchev–Trinajstić information content (AvgIpc) is 2.39. The first-order chi connectivity index (χ1) is 9.34. The van der Waals surface area contributed by atoms with Crippen molar-refractivity contribution in [2.75, 3.05) is 32.8 Å². The molecule has 2 N–H and O–H groups in total. The molecule has 1 saturated heterocycles. The lowest BCUT2D eigenvalue weighted by molar-refractivity contribution is -0.124. The fourth-order valence-corrected chi connectivity index (χ4v) is 2.26. The van der Waals surface area contributed by atoms with Crippen LogP contribution >= 0.6 is 0 Å². The molecular weight excluding hydrogens is 254 g/mol. The molecule has 0 spiro atoms. The lowest BCUT2D eigenvalue weighted by Gasteiger charge is -2.31. The molecule has 0 aliphatic carbocycles. The summed E-state index contributed by atoms with van der Waals surface area (Å²) in [6.07, 6.45) is 0.925. The van der Waals surface area contributed by atoms with E-state index >= 15 is 0 Å². The van der Waals surface area contributed by atoms with E-state index in [1.54, 1.807) is 0 Å². The lowest BCUT2D eigenvalue weighted by atomic mass is 10.0. The van der Waals surface area contributed by atoms with Gasteiger partial charge in [0.15, 0.2) is 0 Å². The predicted molar refractivity (Wildman–Crippen MR) is 81.8 cm³/mol. The van der Waals surface area contributed by atoms with Crippen molar-refractivity contribution in [3.8, 4) is 0 Å². The Hall–Kier alpha value is -0.650. The van der Waals surface area contributed by atoms with E-state index in [9.17, 15) is 4.79 Å². The molecule has 1 aliphatic rings. The minimum atomic E-state index is -0.170. The first-order valence-electron chi connectivity index (χ1n) is 7.72. The van der Waals surface area contributed by atoms with Crippen LogP contribution in [-0.2, 0) is 9.53 Å². The standard InChI is InChI=1S/C15H31N3O2/c1-6-15(4,5)17-14(19)13(3)16-12(2)11-18-7-9-20-10-8-18/h12-13,16H,6-11H2,1-5H3,(H,17,19). The van der Waals surface area contributed by atoms with Crippen molar-refractivity contribution < 1.29 is 9.53 Å². The Bertz CT molecular complexity index is 301. The number of carbonyl (C=O) groups is 1. The van der Waals surface area contributed by atoms with Crippen molar-refractivity contribution in [3.05, 3.63) is 0 Å². The molecule has 2 unspecified atom stereocenters. The van der Waals surface area contributed by atoms with Gasteiger partial charge in [0.1, 0.15) is 0 Å². The molecule has 0 aromatic carbocycles. The van der Waals surface area contributed by atoms with E-state index in [1.807, 2.05) is 6.92 Å². The fraction of sp³-hybridized carbons (Fsp3) is 0.933. The number of morpholine rings is 1. The Morgan fingerprint density at radius 2 is 1.90 bits per heavy atom. The first kappa shape index (κ1) is 17.4. The number of nitrogens with one attached hydrogen (secondary N) is 2. The maximum atomic E-state index is 12.1. The molecule has 2 atom stereocenters. The largest absolute Gasteiger partial charge is 0.379 e. The molecule has 0 saturated carbocycles. The van der Waals surface area contributed by atoms with Gasteiger partial charge in [0.05, 0.1) is 19.3 Å². The van der Waals surface area contributed by atoms with Gasteiger partial charge in [-0.2, -0.15) is 0 Å². The molecule has 118 valence electrons. The van der Waals surface area contributed by atoms with Gasteiger partial charge in [0, 0.05) is 31.2 Å². The monoisotopic (exact) mass is 285 g/mol. The number of amides is 1. The number of carbonyl (C=O) groups excluding carboxylic acids is 1. The summed E-state index contributed by atoms with van der Waals surface area (Å²) in [5.74, 6) is 0.0747. The summed E-state index contributed by atoms with van der Waals surface area (Å²) in [5, 5.41) is 6.46. The van der Waals surface area contributed by atoms with Gasteiger partial charge in [-0.15, -0.1) is 0 Å². The van der Waals surface area contributed by atoms with Crippen LogP contribution in [0.15, 0.2) is 0 Å². The van der Waals surface area contributed by atoms with Gasteiger partial charge in [-0.05, 0) is 34.1 Å². The minimum absolute atomic E-state index is 0.0747. The highest BCUT2D eigenvalue weighted by molar-refractivity contribution is 5.82. The van der Waals surface area contributed by atoms with Gasteiger partial charge in [-0.1, -0.05) is 6.92 Å². The maximum absolute atomic E-state index is 12.1. The van der Waals surface area contributed by atoms with Crippen molar-refractivity contribution in [2.45, 2.75) is 58.7 Å². The summed E-state index contributed by atoms with van der Waals surface area (Å²) >= 11 is 0. The molecule has 20 heavy (non-hydrogen) atoms. The van der Waals surface area contributed by atoms with Crippen molar-refractivity contribution in [2.24, 2.45) is 0 Å². The predicted octanol–water partition coefficient (Wildman–Crippen LogP) is 0.990. The van der Waals surface area contributed by atoms with Crippen LogP contribution in [0.2, 0.25) is 0 Å². The van der Waals surface area contributed by atoms with E-state index < -0.39 is 0 Å². The second-order valence-corrected chi connectivity index (χ2v) is 6.43. The summed E-state index contributed by atoms with van der Waals surface area (Å²) in [4.78, 5) is 14.5. The highest BCUT2D eigenvalue weighted by Crippen LogP contribution is 2.07. The molecule has 0 aromatic heterocycles. The zero-order valence-corrected chi connectivity index (χ0v) is 13.7. The van der Waals surface area contributed by atoms with Crippen LogP contribution in [0.3, 0.4) is 0 Å². The lowest BCUT2D eigenvalue weighted by Crippen LogP contribution is -2.54. The van der Waals surface area contributed by atoms with E-state index in [4.69, 9.17) is 4.74 Å². The quantitative estimate of drug-likeness (QED) is 0.732. The van der Waals surface area contributed by atoms with Gasteiger partial charge in [-0.3, -0.25) is 9.69 Å². The molecule has 1 fully saturated rings. The molecule has 1 rings (SSSR count). The van der Waals surface area contributed by atoms with Gasteiger partial charge in [0.25, 0.3) is 0 Å². The van der Waals surface area contributed by atoms with Crippen molar-refractivity contribution >= 4 is 5.91 Å². The second-order valence-electron chi connectivity index (χ2n) is 6.43. The van der Waals surface area contributed by atoms with E-state index in [-0.39, 0.29) is 17.5 Å². The van der Waals surface area contributed by atoms with E-state index in [0.717, 1.165) is 39.3 Å². The molecule has 5 heteroatoms. The molecule has 1 aliphatic heterocycles. The highest BCUT2D eigenvalue weighted by atomic mass is 16.5. The van der Waals surface area contributed by atoms with Crippen LogP contribution in [0.25, 0.3) is 0 Å². The highest BCUT2D eigenvalue weighted by Gasteiger charge is 2.23. The SMILES string of the molecule is CCC(C)(C)NC(=O)C(C)NC(C)CN1CCOCC1. The van der Waals surface area contributed by atoms with Crippen molar-refractivity contribution in [3.63, 3.8) is 0 Å². The minimum Gasteiger partial charge on any atom is -0.379 e. The van der Waals surface area contributed by atoms with Crippen LogP contribution in [0.1, 0.15) is 41.0 Å². The third kappa shape index (κ3) is 6.20. The van der Waals surface area contributed by atoms with Crippen LogP contribution < -0.4 is 10.6 Å². The molecule has 0 aromatic rings. The normalized spacial score (nSPS) is 20.4. The Labute approximate surface area is 123 Å². The zero-order chi connectivity index (χ0) is 15.2. The number of hydrogen-bond acceptors (Lipinski definition) is 4. The Morgan fingerprint density at radius 1 is 1.30 bits per heavy atom. The van der Waals surface area contributed by atoms with Crippen LogP contribution in [-0.4, -0.2) is 61.3 Å². The summed E-state index contributed by atoms with van der Waals surface area (Å²) in [6, 6.07) is 0.121. The summed E-state index contributed by atoms with van der Waals surface area (Å²) in [7, 11) is 0. The number of rotatable bonds is 7. The number of nitrogens with zero attached hydrogens (tertiary/aromatic N) is 1. The topological polar surface area (TPSA) is 53.6 Å². The van der Waals surface area contributed by atoms with E-state index in [2.05, 4.69) is 43.2 Å². The zero-order valence-electron chi connectivity index (χ0n) is 13.7. The summed E-state index contributed by atoms with van der Waals surface area (Å²) in [5.41, 5.74) is -0.138. The Balaban J connectivity index is 2.32. The molecule has 1 heterocycles. The van der Waals surface area contributed by atoms with Gasteiger partial charge >= 0.3 is 0 Å². The maximum Gasteiger partial charge on any atom is 0.237 e. The molecular formula is C15H31N3O2. The van der Waals surface area contributed by atoms with Crippen molar-refractivity contribution in [1.29, 1.82) is 0 Å². The Morgan fingerprint density at radius 3 is 2.45 bits per heavy atom. The van der Waals surface area contributed by atoms with Crippen LogP contribution in [0.5, 0.6) is 0 Å². The van der Waals surface area contributed by atoms with Gasteiger partial charge in [-0.25, -0.2) is 0 Å². The average molecular weight is 285 g/mol. The summed E-state index contributed by atoms with van der Waals surface area (Å²) in [6.45, 7) is 14.8. The number of hydrogen-bond donors (Lipinski definition) is 2. The smallest absolute Gasteiger partial charge is 0.237 e. The second kappa shape index (κ2) is 7.96. The van der Waals surface area contributed by atoms with Crippen LogP contribution in [0, 0.1) is 0 Å². The Kier molecular flexibility index (Phi) is 6.92.